The minimum atomic E-state index is -0.804. The van der Waals surface area contributed by atoms with Crippen molar-refractivity contribution in [3.8, 4) is 11.5 Å². The second-order valence-corrected chi connectivity index (χ2v) is 6.85. The molecule has 2 N–H and O–H groups in total. The van der Waals surface area contributed by atoms with Gasteiger partial charge in [0, 0.05) is 6.54 Å². The van der Waals surface area contributed by atoms with E-state index in [-0.39, 0.29) is 5.41 Å². The molecular formula is C17H25NO4. The lowest BCUT2D eigenvalue weighted by Crippen LogP contribution is -2.37. The van der Waals surface area contributed by atoms with Crippen LogP contribution in [-0.2, 0) is 11.3 Å². The zero-order valence-electron chi connectivity index (χ0n) is 13.5. The van der Waals surface area contributed by atoms with Gasteiger partial charge >= 0.3 is 5.97 Å². The van der Waals surface area contributed by atoms with Crippen molar-refractivity contribution < 1.29 is 19.4 Å². The highest BCUT2D eigenvalue weighted by Gasteiger charge is 2.21. The minimum Gasteiger partial charge on any atom is -0.486 e. The molecular weight excluding hydrogens is 282 g/mol. The van der Waals surface area contributed by atoms with Crippen LogP contribution in [0.15, 0.2) is 18.2 Å². The maximum absolute atomic E-state index is 11.4. The summed E-state index contributed by atoms with van der Waals surface area (Å²) in [6.45, 7) is 7.97. The molecule has 0 radical (unpaired) electrons. The Morgan fingerprint density at radius 3 is 2.59 bits per heavy atom. The number of carboxylic acid groups (broad SMARTS) is 1. The quantitative estimate of drug-likeness (QED) is 0.846. The summed E-state index contributed by atoms with van der Waals surface area (Å²) in [5.74, 6) is 0.673. The largest absolute Gasteiger partial charge is 0.486 e. The molecule has 1 unspecified atom stereocenters. The molecule has 0 aromatic heterocycles. The standard InChI is InChI=1S/C17H25NO4/c1-17(2,3)7-6-13(16(19)20)18-11-12-4-5-14-15(10-12)22-9-8-21-14/h4-5,10,13,18H,6-9,11H2,1-3H3,(H,19,20). The number of fused-ring (bicyclic) bond motifs is 1. The van der Waals surface area contributed by atoms with Crippen LogP contribution < -0.4 is 14.8 Å². The summed E-state index contributed by atoms with van der Waals surface area (Å²) >= 11 is 0. The lowest BCUT2D eigenvalue weighted by Gasteiger charge is -2.22. The summed E-state index contributed by atoms with van der Waals surface area (Å²) in [6.07, 6.45) is 1.47. The lowest BCUT2D eigenvalue weighted by molar-refractivity contribution is -0.139. The highest BCUT2D eigenvalue weighted by Crippen LogP contribution is 2.30. The monoisotopic (exact) mass is 307 g/mol. The van der Waals surface area contributed by atoms with Gasteiger partial charge in [0.05, 0.1) is 0 Å². The van der Waals surface area contributed by atoms with Crippen LogP contribution in [0.3, 0.4) is 0 Å². The topological polar surface area (TPSA) is 67.8 Å². The van der Waals surface area contributed by atoms with Crippen molar-refractivity contribution in [2.75, 3.05) is 13.2 Å². The third kappa shape index (κ3) is 4.91. The van der Waals surface area contributed by atoms with Gasteiger partial charge in [-0.3, -0.25) is 4.79 Å². The Kier molecular flexibility index (Phi) is 5.29. The Morgan fingerprint density at radius 2 is 1.95 bits per heavy atom. The van der Waals surface area contributed by atoms with Crippen molar-refractivity contribution in [3.05, 3.63) is 23.8 Å². The van der Waals surface area contributed by atoms with E-state index in [9.17, 15) is 9.90 Å². The van der Waals surface area contributed by atoms with E-state index in [0.717, 1.165) is 23.5 Å². The SMILES string of the molecule is CC(C)(C)CCC(NCc1ccc2c(c1)OCCO2)C(=O)O. The van der Waals surface area contributed by atoms with Gasteiger partial charge in [-0.1, -0.05) is 26.8 Å². The third-order valence-corrected chi connectivity index (χ3v) is 3.64. The molecule has 0 aliphatic carbocycles. The van der Waals surface area contributed by atoms with Crippen molar-refractivity contribution in [3.63, 3.8) is 0 Å². The van der Waals surface area contributed by atoms with Gasteiger partial charge in [-0.25, -0.2) is 0 Å². The van der Waals surface area contributed by atoms with Gasteiger partial charge < -0.3 is 19.9 Å². The minimum absolute atomic E-state index is 0.131. The molecule has 0 bridgehead atoms. The van der Waals surface area contributed by atoms with E-state index in [1.54, 1.807) is 0 Å². The van der Waals surface area contributed by atoms with E-state index in [1.165, 1.54) is 0 Å². The van der Waals surface area contributed by atoms with Crippen molar-refractivity contribution in [1.29, 1.82) is 0 Å². The molecule has 1 heterocycles. The van der Waals surface area contributed by atoms with Crippen molar-refractivity contribution in [2.45, 2.75) is 46.2 Å². The predicted molar refractivity (Wildman–Crippen MR) is 84.4 cm³/mol. The van der Waals surface area contributed by atoms with E-state index < -0.39 is 12.0 Å². The molecule has 0 saturated carbocycles. The van der Waals surface area contributed by atoms with Crippen LogP contribution in [0, 0.1) is 5.41 Å². The third-order valence-electron chi connectivity index (χ3n) is 3.64. The summed E-state index contributed by atoms with van der Waals surface area (Å²) in [7, 11) is 0. The summed E-state index contributed by atoms with van der Waals surface area (Å²) in [4.78, 5) is 11.4. The maximum Gasteiger partial charge on any atom is 0.320 e. The van der Waals surface area contributed by atoms with Crippen LogP contribution >= 0.6 is 0 Å². The van der Waals surface area contributed by atoms with Gasteiger partial charge in [0.1, 0.15) is 19.3 Å². The highest BCUT2D eigenvalue weighted by atomic mass is 16.6. The fourth-order valence-electron chi connectivity index (χ4n) is 2.33. The number of rotatable bonds is 6. The summed E-state index contributed by atoms with van der Waals surface area (Å²) in [5, 5.41) is 12.5. The highest BCUT2D eigenvalue weighted by molar-refractivity contribution is 5.73. The predicted octanol–water partition coefficient (Wildman–Crippen LogP) is 2.83. The van der Waals surface area contributed by atoms with Gasteiger partial charge in [-0.05, 0) is 36.0 Å². The van der Waals surface area contributed by atoms with E-state index in [2.05, 4.69) is 26.1 Å². The Hall–Kier alpha value is -1.75. The average Bonchev–Trinajstić information content (AvgIpc) is 2.45. The number of nitrogens with one attached hydrogen (secondary N) is 1. The molecule has 5 heteroatoms. The Bertz CT molecular complexity index is 522. The van der Waals surface area contributed by atoms with Crippen LogP contribution in [0.1, 0.15) is 39.2 Å². The fraction of sp³-hybridized carbons (Fsp3) is 0.588. The second-order valence-electron chi connectivity index (χ2n) is 6.85. The van der Waals surface area contributed by atoms with Gasteiger partial charge in [-0.15, -0.1) is 0 Å². The first-order valence-electron chi connectivity index (χ1n) is 7.70. The van der Waals surface area contributed by atoms with Crippen LogP contribution in [0.4, 0.5) is 0 Å². The number of ether oxygens (including phenoxy) is 2. The van der Waals surface area contributed by atoms with E-state index in [0.29, 0.717) is 26.2 Å². The van der Waals surface area contributed by atoms with Crippen LogP contribution in [-0.4, -0.2) is 30.3 Å². The maximum atomic E-state index is 11.4. The molecule has 1 aliphatic rings. The number of benzene rings is 1. The molecule has 22 heavy (non-hydrogen) atoms. The molecule has 2 rings (SSSR count). The summed E-state index contributed by atoms with van der Waals surface area (Å²) in [6, 6.07) is 5.18. The van der Waals surface area contributed by atoms with Crippen LogP contribution in [0.25, 0.3) is 0 Å². The molecule has 1 aromatic carbocycles. The van der Waals surface area contributed by atoms with Crippen LogP contribution in [0.2, 0.25) is 0 Å². The molecule has 122 valence electrons. The van der Waals surface area contributed by atoms with Gasteiger partial charge in [0.2, 0.25) is 0 Å². The van der Waals surface area contributed by atoms with E-state index in [1.807, 2.05) is 18.2 Å². The molecule has 5 nitrogen and oxygen atoms in total. The van der Waals surface area contributed by atoms with E-state index in [4.69, 9.17) is 9.47 Å². The first-order valence-corrected chi connectivity index (χ1v) is 7.70. The fourth-order valence-corrected chi connectivity index (χ4v) is 2.33. The van der Waals surface area contributed by atoms with E-state index >= 15 is 0 Å². The Labute approximate surface area is 131 Å². The van der Waals surface area contributed by atoms with Gasteiger partial charge in [-0.2, -0.15) is 0 Å². The number of aliphatic carboxylic acids is 1. The number of hydrogen-bond donors (Lipinski definition) is 2. The molecule has 0 spiro atoms. The summed E-state index contributed by atoms with van der Waals surface area (Å²) in [5.41, 5.74) is 1.12. The number of carboxylic acids is 1. The molecule has 0 amide bonds. The lowest BCUT2D eigenvalue weighted by atomic mass is 9.88. The van der Waals surface area contributed by atoms with Gasteiger partial charge in [0.25, 0.3) is 0 Å². The zero-order valence-corrected chi connectivity index (χ0v) is 13.5. The number of hydrogen-bond acceptors (Lipinski definition) is 4. The zero-order chi connectivity index (χ0) is 16.2. The first-order chi connectivity index (χ1) is 10.3. The van der Waals surface area contributed by atoms with Crippen LogP contribution in [0.5, 0.6) is 11.5 Å². The molecule has 0 saturated heterocycles. The normalized spacial score (nSPS) is 15.4. The Balaban J connectivity index is 1.93. The first kappa shape index (κ1) is 16.6. The Morgan fingerprint density at radius 1 is 1.27 bits per heavy atom. The summed E-state index contributed by atoms with van der Waals surface area (Å²) < 4.78 is 11.0. The molecule has 0 fully saturated rings. The molecule has 1 atom stereocenters. The molecule has 1 aliphatic heterocycles. The van der Waals surface area contributed by atoms with Crippen molar-refractivity contribution >= 4 is 5.97 Å². The smallest absolute Gasteiger partial charge is 0.320 e. The van der Waals surface area contributed by atoms with Gasteiger partial charge in [0.15, 0.2) is 11.5 Å². The number of carbonyl (C=O) groups is 1. The average molecular weight is 307 g/mol. The second kappa shape index (κ2) is 7.01. The van der Waals surface area contributed by atoms with Crippen molar-refractivity contribution in [2.24, 2.45) is 5.41 Å². The van der Waals surface area contributed by atoms with Crippen molar-refractivity contribution in [1.82, 2.24) is 5.32 Å². The molecule has 1 aromatic rings.